The van der Waals surface area contributed by atoms with Crippen LogP contribution < -0.4 is 27.9 Å². The molecule has 17 heteroatoms. The Balaban J connectivity index is 1.40. The number of hydrogen-bond donors (Lipinski definition) is 0. The normalized spacial score (nSPS) is 14.8. The van der Waals surface area contributed by atoms with Crippen molar-refractivity contribution in [3.8, 4) is 34.5 Å². The van der Waals surface area contributed by atoms with E-state index >= 15 is 0 Å². The van der Waals surface area contributed by atoms with Gasteiger partial charge in [-0.25, -0.2) is 0 Å². The van der Waals surface area contributed by atoms with Gasteiger partial charge in [0.2, 0.25) is 0 Å². The maximum atomic E-state index is 13.9. The fourth-order valence-electron chi connectivity index (χ4n) is 6.04. The van der Waals surface area contributed by atoms with Crippen LogP contribution in [0.25, 0.3) is 6.08 Å². The molecule has 0 aromatic heterocycles. The number of carbonyl (C=O) groups excluding carboxylic acids is 4. The van der Waals surface area contributed by atoms with E-state index in [1.54, 1.807) is 12.1 Å². The van der Waals surface area contributed by atoms with Gasteiger partial charge in [-0.3, -0.25) is 19.2 Å². The summed E-state index contributed by atoms with van der Waals surface area (Å²) >= 11 is 0. The van der Waals surface area contributed by atoms with Gasteiger partial charge >= 0.3 is 27.6 Å². The average molecular weight is 881 g/mol. The van der Waals surface area contributed by atoms with Crippen molar-refractivity contribution in [2.45, 2.75) is 70.3 Å². The monoisotopic (exact) mass is 880 g/mol. The average Bonchev–Trinajstić information content (AvgIpc) is 3.22. The summed E-state index contributed by atoms with van der Waals surface area (Å²) in [6.45, 7) is 3.07. The zero-order valence-corrected chi connectivity index (χ0v) is 34.7. The molecule has 2 atom stereocenters. The first-order valence-corrected chi connectivity index (χ1v) is 20.7. The first kappa shape index (κ1) is 46.6. The summed E-state index contributed by atoms with van der Waals surface area (Å²) in [6, 6.07) is 20.7. The molecule has 1 unspecified atom stereocenters. The number of carbonyl (C=O) groups is 4. The minimum Gasteiger partial charge on any atom is -0.496 e. The Kier molecular flexibility index (Phi) is 16.1. The summed E-state index contributed by atoms with van der Waals surface area (Å²) in [5.41, 5.74) is -4.07. The number of benzene rings is 4. The number of ketones is 2. The van der Waals surface area contributed by atoms with E-state index in [-0.39, 0.29) is 53.3 Å². The van der Waals surface area contributed by atoms with Crippen LogP contribution in [-0.2, 0) is 35.7 Å². The van der Waals surface area contributed by atoms with Crippen LogP contribution >= 0.6 is 0 Å². The summed E-state index contributed by atoms with van der Waals surface area (Å²) in [5.74, 6) is -2.00. The van der Waals surface area contributed by atoms with Gasteiger partial charge in [0.1, 0.15) is 46.2 Å². The van der Waals surface area contributed by atoms with Crippen LogP contribution in [-0.4, -0.2) is 57.4 Å². The smallest absolute Gasteiger partial charge is 0.496 e. The molecule has 0 spiro atoms. The number of allylic oxidation sites excluding steroid dienone is 2. The minimum absolute atomic E-state index is 0.0499. The van der Waals surface area contributed by atoms with Gasteiger partial charge in [-0.1, -0.05) is 48.6 Å². The van der Waals surface area contributed by atoms with Gasteiger partial charge in [0, 0.05) is 45.2 Å². The molecule has 4 aromatic carbocycles. The van der Waals surface area contributed by atoms with Crippen molar-refractivity contribution in [3.63, 3.8) is 0 Å². The molecule has 13 nitrogen and oxygen atoms in total. The SMILES string of the molecule is COc1cc(OC(C)=O)cc(O[C@@H](CC=CC(=O)CCc2ccc(OC3CCCCO3)cc2)c2ccc(OS(=O)(=O)C(F)(F)F)cc2)c1C(=O)C=Cc1ccc(OC(C)=O)cc1. The quantitative estimate of drug-likeness (QED) is 0.0219. The Morgan fingerprint density at radius 3 is 2.05 bits per heavy atom. The van der Waals surface area contributed by atoms with E-state index in [1.807, 2.05) is 24.3 Å². The molecular weight excluding hydrogens is 838 g/mol. The van der Waals surface area contributed by atoms with E-state index in [9.17, 15) is 40.8 Å². The standard InChI is InChI=1S/C45H43F3O13S/c1-29(49)57-35-19-11-32(12-20-35)15-25-39(52)44-41(55-3)27-38(58-30(2)50)28-42(44)60-40(33-16-23-37(24-17-33)61-62(53,54)45(46,47)48)8-6-7-34(51)18-10-31-13-21-36(22-14-31)59-43-9-4-5-26-56-43/h6-7,11-17,19-25,27-28,40,43H,4-5,8-10,18,26H2,1-3H3/t40-,43?/m0/s1. The van der Waals surface area contributed by atoms with Gasteiger partial charge in [0.25, 0.3) is 0 Å². The molecule has 0 radical (unpaired) electrons. The van der Waals surface area contributed by atoms with Crippen molar-refractivity contribution in [2.75, 3.05) is 13.7 Å². The third-order valence-corrected chi connectivity index (χ3v) is 9.97. The molecule has 0 N–H and O–H groups in total. The molecule has 0 saturated carbocycles. The summed E-state index contributed by atoms with van der Waals surface area (Å²) < 4.78 is 100. The fraction of sp³-hybridized carbons (Fsp3) is 0.289. The highest BCUT2D eigenvalue weighted by molar-refractivity contribution is 7.88. The molecular formula is C45H43F3O13S. The largest absolute Gasteiger partial charge is 0.534 e. The van der Waals surface area contributed by atoms with Crippen molar-refractivity contribution < 1.29 is 73.4 Å². The number of esters is 2. The van der Waals surface area contributed by atoms with Crippen LogP contribution in [0.2, 0.25) is 0 Å². The van der Waals surface area contributed by atoms with Crippen molar-refractivity contribution in [1.29, 1.82) is 0 Å². The van der Waals surface area contributed by atoms with E-state index < -0.39 is 45.2 Å². The number of hydrogen-bond acceptors (Lipinski definition) is 13. The molecule has 62 heavy (non-hydrogen) atoms. The molecule has 328 valence electrons. The van der Waals surface area contributed by atoms with Crippen LogP contribution in [0.5, 0.6) is 34.5 Å². The third-order valence-electron chi connectivity index (χ3n) is 8.99. The number of halogens is 3. The molecule has 0 amide bonds. The number of ether oxygens (including phenoxy) is 6. The van der Waals surface area contributed by atoms with Crippen LogP contribution in [0.3, 0.4) is 0 Å². The number of aryl methyl sites for hydroxylation is 1. The Morgan fingerprint density at radius 2 is 1.44 bits per heavy atom. The third kappa shape index (κ3) is 13.8. The van der Waals surface area contributed by atoms with Gasteiger partial charge in [0.15, 0.2) is 17.9 Å². The minimum atomic E-state index is -5.97. The van der Waals surface area contributed by atoms with Crippen LogP contribution in [0, 0.1) is 0 Å². The Bertz CT molecular complexity index is 2370. The number of rotatable bonds is 19. The summed E-state index contributed by atoms with van der Waals surface area (Å²) in [6.07, 6.45) is 7.54. The van der Waals surface area contributed by atoms with Crippen molar-refractivity contribution >= 4 is 39.7 Å². The van der Waals surface area contributed by atoms with Crippen molar-refractivity contribution in [1.82, 2.24) is 0 Å². The van der Waals surface area contributed by atoms with E-state index in [2.05, 4.69) is 4.18 Å². The second-order valence-corrected chi connectivity index (χ2v) is 15.3. The maximum Gasteiger partial charge on any atom is 0.534 e. The lowest BCUT2D eigenvalue weighted by Gasteiger charge is -2.23. The zero-order chi connectivity index (χ0) is 44.9. The molecule has 1 aliphatic rings. The molecule has 4 aromatic rings. The highest BCUT2D eigenvalue weighted by atomic mass is 32.2. The van der Waals surface area contributed by atoms with Gasteiger partial charge < -0.3 is 32.6 Å². The maximum absolute atomic E-state index is 13.9. The lowest BCUT2D eigenvalue weighted by atomic mass is 10.0. The van der Waals surface area contributed by atoms with E-state index in [0.717, 1.165) is 43.9 Å². The van der Waals surface area contributed by atoms with Crippen molar-refractivity contribution in [2.24, 2.45) is 0 Å². The van der Waals surface area contributed by atoms with Crippen LogP contribution in [0.4, 0.5) is 13.2 Å². The van der Waals surface area contributed by atoms with E-state index in [4.69, 9.17) is 28.4 Å². The number of alkyl halides is 3. The van der Waals surface area contributed by atoms with Gasteiger partial charge in [-0.05, 0) is 84.5 Å². The molecule has 1 saturated heterocycles. The summed E-state index contributed by atoms with van der Waals surface area (Å²) in [7, 11) is -4.69. The second-order valence-electron chi connectivity index (χ2n) is 13.8. The van der Waals surface area contributed by atoms with E-state index in [1.165, 1.54) is 74.7 Å². The van der Waals surface area contributed by atoms with E-state index in [0.29, 0.717) is 30.1 Å². The molecule has 0 bridgehead atoms. The Labute approximate surface area is 356 Å². The fourth-order valence-corrected chi connectivity index (χ4v) is 6.50. The molecule has 0 aliphatic carbocycles. The Morgan fingerprint density at radius 1 is 0.806 bits per heavy atom. The molecule has 1 heterocycles. The Hall–Kier alpha value is -6.46. The van der Waals surface area contributed by atoms with Gasteiger partial charge in [0.05, 0.1) is 13.7 Å². The highest BCUT2D eigenvalue weighted by Crippen LogP contribution is 2.39. The van der Waals surface area contributed by atoms with Gasteiger partial charge in [-0.15, -0.1) is 0 Å². The molecule has 1 aliphatic heterocycles. The summed E-state index contributed by atoms with van der Waals surface area (Å²) in [4.78, 5) is 50.2. The first-order chi connectivity index (χ1) is 29.5. The zero-order valence-electron chi connectivity index (χ0n) is 33.8. The topological polar surface area (TPSA) is 167 Å². The number of methoxy groups -OCH3 is 1. The predicted molar refractivity (Wildman–Crippen MR) is 219 cm³/mol. The van der Waals surface area contributed by atoms with Crippen molar-refractivity contribution in [3.05, 3.63) is 125 Å². The first-order valence-electron chi connectivity index (χ1n) is 19.2. The highest BCUT2D eigenvalue weighted by Gasteiger charge is 2.48. The van der Waals surface area contributed by atoms with Gasteiger partial charge in [-0.2, -0.15) is 21.6 Å². The summed E-state index contributed by atoms with van der Waals surface area (Å²) in [5, 5.41) is 0. The molecule has 1 fully saturated rings. The van der Waals surface area contributed by atoms with Crippen LogP contribution in [0.1, 0.15) is 79.1 Å². The lowest BCUT2D eigenvalue weighted by molar-refractivity contribution is -0.132. The predicted octanol–water partition coefficient (Wildman–Crippen LogP) is 8.84. The second kappa shape index (κ2) is 21.4. The lowest BCUT2D eigenvalue weighted by Crippen LogP contribution is -2.28. The molecule has 5 rings (SSSR count). The van der Waals surface area contributed by atoms with Crippen LogP contribution in [0.15, 0.2) is 103 Å².